The SMILES string of the molecule is Cc1ncc(C#N)c(C#N)c1OCc1ccccc1. The number of aromatic nitrogens is 1. The Morgan fingerprint density at radius 2 is 1.89 bits per heavy atom. The molecule has 0 aliphatic heterocycles. The van der Waals surface area contributed by atoms with Gasteiger partial charge in [-0.3, -0.25) is 4.98 Å². The highest BCUT2D eigenvalue weighted by molar-refractivity contribution is 5.54. The van der Waals surface area contributed by atoms with Crippen LogP contribution in [0.3, 0.4) is 0 Å². The van der Waals surface area contributed by atoms with Crippen LogP contribution in [0.2, 0.25) is 0 Å². The molecule has 0 spiro atoms. The van der Waals surface area contributed by atoms with E-state index in [2.05, 4.69) is 4.98 Å². The monoisotopic (exact) mass is 249 g/mol. The fraction of sp³-hybridized carbons (Fsp3) is 0.133. The molecule has 92 valence electrons. The van der Waals surface area contributed by atoms with Crippen LogP contribution in [0.1, 0.15) is 22.4 Å². The summed E-state index contributed by atoms with van der Waals surface area (Å²) < 4.78 is 5.65. The number of benzene rings is 1. The van der Waals surface area contributed by atoms with E-state index in [-0.39, 0.29) is 11.1 Å². The smallest absolute Gasteiger partial charge is 0.160 e. The first-order valence-corrected chi connectivity index (χ1v) is 5.72. The Morgan fingerprint density at radius 1 is 1.16 bits per heavy atom. The molecule has 0 saturated carbocycles. The van der Waals surface area contributed by atoms with E-state index in [1.165, 1.54) is 6.20 Å². The van der Waals surface area contributed by atoms with E-state index in [0.717, 1.165) is 5.56 Å². The van der Waals surface area contributed by atoms with Crippen molar-refractivity contribution in [1.29, 1.82) is 10.5 Å². The topological polar surface area (TPSA) is 69.7 Å². The maximum absolute atomic E-state index is 9.14. The highest BCUT2D eigenvalue weighted by Crippen LogP contribution is 2.24. The van der Waals surface area contributed by atoms with E-state index in [9.17, 15) is 0 Å². The molecule has 0 atom stereocenters. The molecule has 4 heteroatoms. The molecule has 0 aliphatic rings. The second-order valence-corrected chi connectivity index (χ2v) is 3.96. The molecule has 2 rings (SSSR count). The summed E-state index contributed by atoms with van der Waals surface area (Å²) in [6.07, 6.45) is 1.39. The van der Waals surface area contributed by atoms with Crippen LogP contribution in [-0.2, 0) is 6.61 Å². The summed E-state index contributed by atoms with van der Waals surface area (Å²) in [5.74, 6) is 0.380. The zero-order chi connectivity index (χ0) is 13.7. The first kappa shape index (κ1) is 12.6. The first-order chi connectivity index (χ1) is 9.26. The van der Waals surface area contributed by atoms with Gasteiger partial charge >= 0.3 is 0 Å². The molecule has 1 aromatic carbocycles. The molecule has 0 radical (unpaired) electrons. The van der Waals surface area contributed by atoms with Gasteiger partial charge in [0.05, 0.1) is 11.3 Å². The van der Waals surface area contributed by atoms with Gasteiger partial charge < -0.3 is 4.74 Å². The first-order valence-electron chi connectivity index (χ1n) is 5.72. The molecule has 0 aliphatic carbocycles. The van der Waals surface area contributed by atoms with Crippen molar-refractivity contribution in [3.8, 4) is 17.9 Å². The number of ether oxygens (including phenoxy) is 1. The standard InChI is InChI=1S/C15H11N3O/c1-11-15(14(8-17)13(7-16)9-18-11)19-10-12-5-3-2-4-6-12/h2-6,9H,10H2,1H3. The molecule has 0 bridgehead atoms. The molecule has 0 fully saturated rings. The number of hydrogen-bond donors (Lipinski definition) is 0. The number of pyridine rings is 1. The average Bonchev–Trinajstić information content (AvgIpc) is 2.46. The van der Waals surface area contributed by atoms with Gasteiger partial charge in [-0.05, 0) is 12.5 Å². The summed E-state index contributed by atoms with van der Waals surface area (Å²) in [6, 6.07) is 13.6. The Hall–Kier alpha value is -2.85. The minimum Gasteiger partial charge on any atom is -0.486 e. The van der Waals surface area contributed by atoms with Gasteiger partial charge in [0, 0.05) is 6.20 Å². The van der Waals surface area contributed by atoms with Gasteiger partial charge in [0.15, 0.2) is 5.75 Å². The number of aryl methyl sites for hydroxylation is 1. The summed E-state index contributed by atoms with van der Waals surface area (Å²) in [5.41, 5.74) is 2.07. The van der Waals surface area contributed by atoms with Crippen LogP contribution >= 0.6 is 0 Å². The van der Waals surface area contributed by atoms with Crippen LogP contribution < -0.4 is 4.74 Å². The van der Waals surface area contributed by atoms with Gasteiger partial charge in [0.2, 0.25) is 0 Å². The molecule has 0 amide bonds. The van der Waals surface area contributed by atoms with Gasteiger partial charge in [0.1, 0.15) is 24.3 Å². The predicted octanol–water partition coefficient (Wildman–Crippen LogP) is 2.71. The van der Waals surface area contributed by atoms with Crippen molar-refractivity contribution in [2.24, 2.45) is 0 Å². The molecule has 0 saturated heterocycles. The molecule has 0 N–H and O–H groups in total. The van der Waals surface area contributed by atoms with Gasteiger partial charge in [0.25, 0.3) is 0 Å². The zero-order valence-electron chi connectivity index (χ0n) is 10.4. The summed E-state index contributed by atoms with van der Waals surface area (Å²) in [7, 11) is 0. The Balaban J connectivity index is 2.31. The van der Waals surface area contributed by atoms with Gasteiger partial charge in [-0.1, -0.05) is 30.3 Å². The summed E-state index contributed by atoms with van der Waals surface area (Å²) >= 11 is 0. The predicted molar refractivity (Wildman–Crippen MR) is 69.2 cm³/mol. The third-order valence-corrected chi connectivity index (χ3v) is 2.67. The summed E-state index contributed by atoms with van der Waals surface area (Å²) in [6.45, 7) is 2.09. The molecular weight excluding hydrogens is 238 g/mol. The lowest BCUT2D eigenvalue weighted by Gasteiger charge is -2.10. The van der Waals surface area contributed by atoms with Crippen molar-refractivity contribution in [3.05, 3.63) is 58.9 Å². The van der Waals surface area contributed by atoms with E-state index in [0.29, 0.717) is 18.1 Å². The van der Waals surface area contributed by atoms with E-state index in [1.807, 2.05) is 42.5 Å². The van der Waals surface area contributed by atoms with Crippen LogP contribution in [-0.4, -0.2) is 4.98 Å². The molecule has 1 aromatic heterocycles. The Labute approximate surface area is 111 Å². The fourth-order valence-electron chi connectivity index (χ4n) is 1.69. The average molecular weight is 249 g/mol. The summed E-state index contributed by atoms with van der Waals surface area (Å²) in [4.78, 5) is 4.07. The van der Waals surface area contributed by atoms with Crippen molar-refractivity contribution >= 4 is 0 Å². The van der Waals surface area contributed by atoms with E-state index in [1.54, 1.807) is 6.92 Å². The molecule has 2 aromatic rings. The van der Waals surface area contributed by atoms with E-state index >= 15 is 0 Å². The lowest BCUT2D eigenvalue weighted by atomic mass is 10.1. The Morgan fingerprint density at radius 3 is 2.53 bits per heavy atom. The normalized spacial score (nSPS) is 9.42. The van der Waals surface area contributed by atoms with Crippen LogP contribution in [0, 0.1) is 29.6 Å². The molecule has 4 nitrogen and oxygen atoms in total. The number of nitrogens with zero attached hydrogens (tertiary/aromatic N) is 3. The van der Waals surface area contributed by atoms with Crippen LogP contribution in [0.15, 0.2) is 36.5 Å². The minimum atomic E-state index is 0.233. The van der Waals surface area contributed by atoms with Gasteiger partial charge in [-0.2, -0.15) is 10.5 Å². The second-order valence-electron chi connectivity index (χ2n) is 3.96. The van der Waals surface area contributed by atoms with E-state index in [4.69, 9.17) is 15.3 Å². The summed E-state index contributed by atoms with van der Waals surface area (Å²) in [5, 5.41) is 18.1. The third-order valence-electron chi connectivity index (χ3n) is 2.67. The highest BCUT2D eigenvalue weighted by Gasteiger charge is 2.13. The van der Waals surface area contributed by atoms with Crippen LogP contribution in [0.5, 0.6) is 5.75 Å². The minimum absolute atomic E-state index is 0.233. The lowest BCUT2D eigenvalue weighted by molar-refractivity contribution is 0.301. The zero-order valence-corrected chi connectivity index (χ0v) is 10.4. The van der Waals surface area contributed by atoms with Gasteiger partial charge in [-0.25, -0.2) is 0 Å². The van der Waals surface area contributed by atoms with Crippen molar-refractivity contribution in [2.45, 2.75) is 13.5 Å². The third kappa shape index (κ3) is 2.70. The molecule has 1 heterocycles. The second kappa shape index (κ2) is 5.66. The largest absolute Gasteiger partial charge is 0.486 e. The quantitative estimate of drug-likeness (QED) is 0.838. The van der Waals surface area contributed by atoms with Crippen molar-refractivity contribution in [2.75, 3.05) is 0 Å². The van der Waals surface area contributed by atoms with Gasteiger partial charge in [-0.15, -0.1) is 0 Å². The van der Waals surface area contributed by atoms with Crippen molar-refractivity contribution in [3.63, 3.8) is 0 Å². The Kier molecular flexibility index (Phi) is 3.75. The molecular formula is C15H11N3O. The van der Waals surface area contributed by atoms with Crippen LogP contribution in [0.25, 0.3) is 0 Å². The fourth-order valence-corrected chi connectivity index (χ4v) is 1.69. The lowest BCUT2D eigenvalue weighted by Crippen LogP contribution is -2.02. The highest BCUT2D eigenvalue weighted by atomic mass is 16.5. The number of nitriles is 2. The van der Waals surface area contributed by atoms with Crippen molar-refractivity contribution < 1.29 is 4.74 Å². The van der Waals surface area contributed by atoms with Crippen molar-refractivity contribution in [1.82, 2.24) is 4.98 Å². The van der Waals surface area contributed by atoms with Crippen LogP contribution in [0.4, 0.5) is 0 Å². The number of hydrogen-bond acceptors (Lipinski definition) is 4. The van der Waals surface area contributed by atoms with E-state index < -0.39 is 0 Å². The maximum Gasteiger partial charge on any atom is 0.160 e. The Bertz CT molecular complexity index is 666. The number of rotatable bonds is 3. The molecule has 0 unspecified atom stereocenters. The molecule has 19 heavy (non-hydrogen) atoms. The maximum atomic E-state index is 9.14.